The average molecular weight is 399 g/mol. The molecule has 0 aliphatic heterocycles. The molecule has 1 unspecified atom stereocenters. The number of hydrogen-bond acceptors (Lipinski definition) is 0. The summed E-state index contributed by atoms with van der Waals surface area (Å²) in [6, 6.07) is 0. The van der Waals surface area contributed by atoms with Crippen LogP contribution in [0.4, 0.5) is 0 Å². The molecular weight excluding hydrogens is 348 g/mol. The molecule has 4 aliphatic carbocycles. The lowest BCUT2D eigenvalue weighted by atomic mass is 9.44. The highest BCUT2D eigenvalue weighted by Crippen LogP contribution is 2.68. The summed E-state index contributed by atoms with van der Waals surface area (Å²) in [5.74, 6) is 6.90. The third-order valence-corrected chi connectivity index (χ3v) is 11.1. The van der Waals surface area contributed by atoms with Crippen LogP contribution >= 0.6 is 0 Å². The van der Waals surface area contributed by atoms with Gasteiger partial charge in [-0.2, -0.15) is 0 Å². The van der Waals surface area contributed by atoms with Gasteiger partial charge in [0.25, 0.3) is 0 Å². The molecule has 0 saturated heterocycles. The van der Waals surface area contributed by atoms with Crippen LogP contribution < -0.4 is 0 Å². The van der Waals surface area contributed by atoms with E-state index in [9.17, 15) is 0 Å². The average Bonchev–Trinajstić information content (AvgIpc) is 3.04. The van der Waals surface area contributed by atoms with Gasteiger partial charge in [-0.15, -0.1) is 0 Å². The second-order valence-corrected chi connectivity index (χ2v) is 12.8. The van der Waals surface area contributed by atoms with E-state index in [2.05, 4.69) is 47.6 Å². The van der Waals surface area contributed by atoms with Gasteiger partial charge >= 0.3 is 0 Å². The predicted molar refractivity (Wildman–Crippen MR) is 127 cm³/mol. The predicted octanol–water partition coefficient (Wildman–Crippen LogP) is 9.05. The zero-order valence-corrected chi connectivity index (χ0v) is 20.6. The second kappa shape index (κ2) is 8.35. The first kappa shape index (κ1) is 22.0. The molecule has 0 aromatic heterocycles. The molecule has 29 heavy (non-hydrogen) atoms. The van der Waals surface area contributed by atoms with Crippen LogP contribution in [0.15, 0.2) is 11.6 Å². The molecule has 4 rings (SSSR count). The highest BCUT2D eigenvalue weighted by molar-refractivity contribution is 5.17. The van der Waals surface area contributed by atoms with Crippen molar-refractivity contribution in [1.82, 2.24) is 0 Å². The quantitative estimate of drug-likeness (QED) is 0.391. The van der Waals surface area contributed by atoms with Crippen molar-refractivity contribution in [2.45, 2.75) is 119 Å². The van der Waals surface area contributed by atoms with E-state index in [0.29, 0.717) is 10.8 Å². The Labute approximate surface area is 182 Å². The molecule has 0 bridgehead atoms. The van der Waals surface area contributed by atoms with E-state index in [-0.39, 0.29) is 0 Å². The van der Waals surface area contributed by atoms with Crippen LogP contribution in [0.1, 0.15) is 119 Å². The molecular formula is C29H50. The Hall–Kier alpha value is -0.260. The monoisotopic (exact) mass is 398 g/mol. The zero-order valence-electron chi connectivity index (χ0n) is 20.6. The van der Waals surface area contributed by atoms with Crippen molar-refractivity contribution >= 4 is 0 Å². The minimum atomic E-state index is 0.615. The smallest absolute Gasteiger partial charge is 0.0229 e. The van der Waals surface area contributed by atoms with Crippen molar-refractivity contribution in [1.29, 1.82) is 0 Å². The Kier molecular flexibility index (Phi) is 6.32. The summed E-state index contributed by atoms with van der Waals surface area (Å²) in [6.07, 6.45) is 20.4. The molecule has 0 heterocycles. The van der Waals surface area contributed by atoms with Crippen molar-refractivity contribution in [3.05, 3.63) is 11.6 Å². The van der Waals surface area contributed by atoms with Gasteiger partial charge in [0.15, 0.2) is 0 Å². The van der Waals surface area contributed by atoms with Crippen LogP contribution in [-0.2, 0) is 0 Å². The standard InChI is InChI=1S/C29H50/c1-7-22-15-17-28(5)23(19-22)11-12-24-26-14-13-25(21(4)10-8-9-20(2)3)29(26,6)18-16-27(24)28/h15,20-21,23-27H,7-14,16-19H2,1-6H3/t21-,23?,24+,25-,26+,27+,28+,29-/m1/s1. The first-order valence-corrected chi connectivity index (χ1v) is 13.5. The molecule has 0 heteroatoms. The van der Waals surface area contributed by atoms with E-state index in [1.165, 1.54) is 64.2 Å². The normalized spacial score (nSPS) is 45.3. The van der Waals surface area contributed by atoms with Gasteiger partial charge in [-0.05, 0) is 110 Å². The van der Waals surface area contributed by atoms with Crippen LogP contribution in [0.5, 0.6) is 0 Å². The minimum Gasteiger partial charge on any atom is -0.0848 e. The van der Waals surface area contributed by atoms with Crippen molar-refractivity contribution in [3.63, 3.8) is 0 Å². The van der Waals surface area contributed by atoms with Gasteiger partial charge in [0, 0.05) is 0 Å². The Morgan fingerprint density at radius 1 is 0.931 bits per heavy atom. The van der Waals surface area contributed by atoms with Crippen LogP contribution in [0.2, 0.25) is 0 Å². The van der Waals surface area contributed by atoms with Crippen LogP contribution in [0.3, 0.4) is 0 Å². The summed E-state index contributed by atoms with van der Waals surface area (Å²) in [7, 11) is 0. The molecule has 0 nitrogen and oxygen atoms in total. The lowest BCUT2D eigenvalue weighted by Gasteiger charge is -2.60. The molecule has 0 radical (unpaired) electrons. The van der Waals surface area contributed by atoms with Crippen molar-refractivity contribution in [2.75, 3.05) is 0 Å². The maximum absolute atomic E-state index is 2.74. The molecule has 3 fully saturated rings. The van der Waals surface area contributed by atoms with Crippen molar-refractivity contribution in [3.8, 4) is 0 Å². The summed E-state index contributed by atoms with van der Waals surface area (Å²) in [5, 5.41) is 0. The Bertz CT molecular complexity index is 599. The summed E-state index contributed by atoms with van der Waals surface area (Å²) >= 11 is 0. The molecule has 0 aromatic carbocycles. The SMILES string of the molecule is CCC1=CC[C@@]2(C)C(CC[C@H]3[C@@H]4CC[C@H]([C@H](C)CCCC(C)C)[C@@]4(C)CC[C@@H]32)C1. The Balaban J connectivity index is 1.47. The molecule has 0 N–H and O–H groups in total. The Morgan fingerprint density at radius 3 is 2.41 bits per heavy atom. The molecule has 0 spiro atoms. The third kappa shape index (κ3) is 3.78. The van der Waals surface area contributed by atoms with E-state index < -0.39 is 0 Å². The molecule has 0 amide bonds. The van der Waals surface area contributed by atoms with Gasteiger partial charge in [-0.25, -0.2) is 0 Å². The number of fused-ring (bicyclic) bond motifs is 5. The van der Waals surface area contributed by atoms with Gasteiger partial charge < -0.3 is 0 Å². The van der Waals surface area contributed by atoms with Gasteiger partial charge in [-0.3, -0.25) is 0 Å². The largest absolute Gasteiger partial charge is 0.0848 e. The highest BCUT2D eigenvalue weighted by Gasteiger charge is 2.60. The highest BCUT2D eigenvalue weighted by atomic mass is 14.6. The molecule has 4 aliphatic rings. The van der Waals surface area contributed by atoms with E-state index >= 15 is 0 Å². The van der Waals surface area contributed by atoms with Crippen LogP contribution in [0, 0.1) is 52.3 Å². The van der Waals surface area contributed by atoms with Crippen LogP contribution in [-0.4, -0.2) is 0 Å². The summed E-state index contributed by atoms with van der Waals surface area (Å²) in [6.45, 7) is 15.2. The maximum atomic E-state index is 2.74. The van der Waals surface area contributed by atoms with E-state index in [1.54, 1.807) is 18.4 Å². The lowest BCUT2D eigenvalue weighted by Crippen LogP contribution is -2.52. The summed E-state index contributed by atoms with van der Waals surface area (Å²) < 4.78 is 0. The summed E-state index contributed by atoms with van der Waals surface area (Å²) in [4.78, 5) is 0. The number of rotatable bonds is 6. The fourth-order valence-electron chi connectivity index (χ4n) is 9.27. The van der Waals surface area contributed by atoms with Gasteiger partial charge in [0.05, 0.1) is 0 Å². The molecule has 8 atom stereocenters. The third-order valence-electron chi connectivity index (χ3n) is 11.1. The fourth-order valence-corrected chi connectivity index (χ4v) is 9.27. The summed E-state index contributed by atoms with van der Waals surface area (Å²) in [5.41, 5.74) is 3.03. The van der Waals surface area contributed by atoms with E-state index in [0.717, 1.165) is 41.4 Å². The van der Waals surface area contributed by atoms with E-state index in [1.807, 2.05) is 0 Å². The van der Waals surface area contributed by atoms with Crippen molar-refractivity contribution < 1.29 is 0 Å². The first-order chi connectivity index (χ1) is 13.8. The lowest BCUT2D eigenvalue weighted by molar-refractivity contribution is -0.102. The molecule has 0 aromatic rings. The Morgan fingerprint density at radius 2 is 1.69 bits per heavy atom. The second-order valence-electron chi connectivity index (χ2n) is 12.8. The number of allylic oxidation sites excluding steroid dienone is 2. The minimum absolute atomic E-state index is 0.615. The molecule has 3 saturated carbocycles. The van der Waals surface area contributed by atoms with Gasteiger partial charge in [0.1, 0.15) is 0 Å². The van der Waals surface area contributed by atoms with Gasteiger partial charge in [0.2, 0.25) is 0 Å². The maximum Gasteiger partial charge on any atom is -0.0229 e. The first-order valence-electron chi connectivity index (χ1n) is 13.5. The van der Waals surface area contributed by atoms with Crippen LogP contribution in [0.25, 0.3) is 0 Å². The number of hydrogen-bond donors (Lipinski definition) is 0. The fraction of sp³-hybridized carbons (Fsp3) is 0.931. The molecule has 166 valence electrons. The van der Waals surface area contributed by atoms with Crippen molar-refractivity contribution in [2.24, 2.45) is 52.3 Å². The van der Waals surface area contributed by atoms with E-state index in [4.69, 9.17) is 0 Å². The van der Waals surface area contributed by atoms with Gasteiger partial charge in [-0.1, -0.05) is 72.5 Å². The zero-order chi connectivity index (χ0) is 20.8. The topological polar surface area (TPSA) is 0 Å².